The van der Waals surface area contributed by atoms with Gasteiger partial charge in [-0.25, -0.2) is 0 Å². The van der Waals surface area contributed by atoms with Crippen LogP contribution >= 0.6 is 15.9 Å². The molecule has 0 N–H and O–H groups in total. The first-order valence-corrected chi connectivity index (χ1v) is 10.9. The first-order valence-electron chi connectivity index (χ1n) is 8.67. The van der Waals surface area contributed by atoms with E-state index in [-0.39, 0.29) is 27.9 Å². The summed E-state index contributed by atoms with van der Waals surface area (Å²) in [5.41, 5.74) is 2.09. The quantitative estimate of drug-likeness (QED) is 0.389. The molecular weight excluding hydrogens is 456 g/mol. The lowest BCUT2D eigenvalue weighted by Gasteiger charge is -2.08. The molecule has 1 aliphatic rings. The van der Waals surface area contributed by atoms with Crippen molar-refractivity contribution in [1.82, 2.24) is 0 Å². The molecule has 0 aliphatic carbocycles. The number of carbonyl (C=O) groups is 1. The van der Waals surface area contributed by atoms with Crippen LogP contribution in [-0.4, -0.2) is 14.2 Å². The maximum Gasteiger partial charge on any atom is 0.339 e. The van der Waals surface area contributed by atoms with Gasteiger partial charge in [-0.15, -0.1) is 0 Å². The van der Waals surface area contributed by atoms with Crippen LogP contribution in [0.1, 0.15) is 21.5 Å². The lowest BCUT2D eigenvalue weighted by atomic mass is 10.1. The Balaban J connectivity index is 1.61. The zero-order valence-electron chi connectivity index (χ0n) is 15.3. The van der Waals surface area contributed by atoms with Crippen molar-refractivity contribution in [2.75, 3.05) is 0 Å². The van der Waals surface area contributed by atoms with Gasteiger partial charge < -0.3 is 8.92 Å². The van der Waals surface area contributed by atoms with Crippen molar-refractivity contribution in [2.45, 2.75) is 11.8 Å². The van der Waals surface area contributed by atoms with Crippen molar-refractivity contribution in [3.63, 3.8) is 0 Å². The van der Waals surface area contributed by atoms with Gasteiger partial charge in [0.25, 0.3) is 0 Å². The standard InChI is InChI=1S/C22H15BrO5S/c1-14-6-9-17(10-7-14)29(25,26)28-16-8-11-18-20(13-16)27-21(22(18)24)12-15-4-2-3-5-19(15)23/h2-13H,1H3/b21-12-. The van der Waals surface area contributed by atoms with Crippen LogP contribution in [-0.2, 0) is 10.1 Å². The third-order valence-corrected chi connectivity index (χ3v) is 6.33. The number of halogens is 1. The molecule has 3 aromatic rings. The monoisotopic (exact) mass is 470 g/mol. The molecule has 0 amide bonds. The van der Waals surface area contributed by atoms with Crippen molar-refractivity contribution in [2.24, 2.45) is 0 Å². The second-order valence-corrected chi connectivity index (χ2v) is 8.87. The Kier molecular flexibility index (Phi) is 5.02. The predicted octanol–water partition coefficient (Wildman–Crippen LogP) is 5.14. The van der Waals surface area contributed by atoms with Crippen LogP contribution in [0.3, 0.4) is 0 Å². The molecular formula is C22H15BrO5S. The third-order valence-electron chi connectivity index (χ3n) is 4.35. The second kappa shape index (κ2) is 7.50. The summed E-state index contributed by atoms with van der Waals surface area (Å²) in [5.74, 6) is 0.207. The predicted molar refractivity (Wildman–Crippen MR) is 113 cm³/mol. The summed E-state index contributed by atoms with van der Waals surface area (Å²) in [5, 5.41) is 0. The van der Waals surface area contributed by atoms with Crippen molar-refractivity contribution in [1.29, 1.82) is 0 Å². The number of hydrogen-bond donors (Lipinski definition) is 0. The molecule has 146 valence electrons. The number of ketones is 1. The molecule has 0 fully saturated rings. The lowest BCUT2D eigenvalue weighted by Crippen LogP contribution is -2.09. The van der Waals surface area contributed by atoms with Gasteiger partial charge in [0.15, 0.2) is 5.76 Å². The molecule has 29 heavy (non-hydrogen) atoms. The summed E-state index contributed by atoms with van der Waals surface area (Å²) >= 11 is 3.43. The van der Waals surface area contributed by atoms with Crippen LogP contribution in [0.25, 0.3) is 6.08 Å². The first kappa shape index (κ1) is 19.4. The van der Waals surface area contributed by atoms with Crippen LogP contribution < -0.4 is 8.92 Å². The van der Waals surface area contributed by atoms with E-state index in [0.717, 1.165) is 15.6 Å². The molecule has 0 saturated heterocycles. The van der Waals surface area contributed by atoms with Crippen molar-refractivity contribution in [3.05, 3.63) is 93.7 Å². The molecule has 0 saturated carbocycles. The highest BCUT2D eigenvalue weighted by Crippen LogP contribution is 2.36. The lowest BCUT2D eigenvalue weighted by molar-refractivity contribution is 0.101. The topological polar surface area (TPSA) is 69.7 Å². The Morgan fingerprint density at radius 1 is 1.00 bits per heavy atom. The summed E-state index contributed by atoms with van der Waals surface area (Å²) in [7, 11) is -3.99. The average Bonchev–Trinajstić information content (AvgIpc) is 2.98. The Labute approximate surface area is 176 Å². The zero-order valence-corrected chi connectivity index (χ0v) is 17.7. The smallest absolute Gasteiger partial charge is 0.339 e. The van der Waals surface area contributed by atoms with Crippen LogP contribution in [0.2, 0.25) is 0 Å². The number of rotatable bonds is 4. The van der Waals surface area contributed by atoms with E-state index in [1.165, 1.54) is 30.3 Å². The zero-order chi connectivity index (χ0) is 20.6. The number of fused-ring (bicyclic) bond motifs is 1. The average molecular weight is 471 g/mol. The molecule has 0 atom stereocenters. The van der Waals surface area contributed by atoms with Gasteiger partial charge in [0.2, 0.25) is 5.78 Å². The van der Waals surface area contributed by atoms with Gasteiger partial charge in [0, 0.05) is 10.5 Å². The number of ether oxygens (including phenoxy) is 1. The minimum atomic E-state index is -3.99. The Morgan fingerprint density at radius 2 is 1.72 bits per heavy atom. The summed E-state index contributed by atoms with van der Waals surface area (Å²) in [6.07, 6.45) is 1.63. The van der Waals surface area contributed by atoms with E-state index >= 15 is 0 Å². The van der Waals surface area contributed by atoms with Crippen LogP contribution in [0.15, 0.2) is 81.9 Å². The molecule has 5 nitrogen and oxygen atoms in total. The number of benzene rings is 3. The van der Waals surface area contributed by atoms with E-state index in [1.807, 2.05) is 31.2 Å². The molecule has 4 rings (SSSR count). The number of aryl methyl sites for hydroxylation is 1. The van der Waals surface area contributed by atoms with E-state index in [4.69, 9.17) is 8.92 Å². The fourth-order valence-electron chi connectivity index (χ4n) is 2.83. The van der Waals surface area contributed by atoms with Gasteiger partial charge in [-0.05, 0) is 48.9 Å². The Morgan fingerprint density at radius 3 is 2.45 bits per heavy atom. The van der Waals surface area contributed by atoms with Gasteiger partial charge in [-0.2, -0.15) is 8.42 Å². The third kappa shape index (κ3) is 3.97. The minimum absolute atomic E-state index is 0.0510. The van der Waals surface area contributed by atoms with E-state index in [2.05, 4.69) is 15.9 Å². The van der Waals surface area contributed by atoms with Crippen LogP contribution in [0, 0.1) is 6.92 Å². The van der Waals surface area contributed by atoms with Gasteiger partial charge in [0.05, 0.1) is 5.56 Å². The van der Waals surface area contributed by atoms with Gasteiger partial charge in [-0.1, -0.05) is 51.8 Å². The largest absolute Gasteiger partial charge is 0.452 e. The molecule has 0 aromatic heterocycles. The molecule has 0 bridgehead atoms. The highest BCUT2D eigenvalue weighted by molar-refractivity contribution is 9.10. The highest BCUT2D eigenvalue weighted by Gasteiger charge is 2.28. The second-order valence-electron chi connectivity index (χ2n) is 6.47. The molecule has 0 unspecified atom stereocenters. The van der Waals surface area contributed by atoms with E-state index in [9.17, 15) is 13.2 Å². The van der Waals surface area contributed by atoms with Gasteiger partial charge >= 0.3 is 10.1 Å². The molecule has 7 heteroatoms. The Hall–Kier alpha value is -2.90. The van der Waals surface area contributed by atoms with E-state index in [1.54, 1.807) is 18.2 Å². The number of hydrogen-bond acceptors (Lipinski definition) is 5. The molecule has 1 heterocycles. The summed E-state index contributed by atoms with van der Waals surface area (Å²) in [4.78, 5) is 12.6. The molecule has 1 aliphatic heterocycles. The van der Waals surface area contributed by atoms with E-state index < -0.39 is 10.1 Å². The molecule has 0 spiro atoms. The van der Waals surface area contributed by atoms with E-state index in [0.29, 0.717) is 5.56 Å². The van der Waals surface area contributed by atoms with Crippen molar-refractivity contribution < 1.29 is 22.1 Å². The highest BCUT2D eigenvalue weighted by atomic mass is 79.9. The number of allylic oxidation sites excluding steroid dienone is 1. The first-order chi connectivity index (χ1) is 13.8. The fourth-order valence-corrected chi connectivity index (χ4v) is 4.15. The summed E-state index contributed by atoms with van der Waals surface area (Å²) in [6, 6.07) is 18.1. The molecule has 3 aromatic carbocycles. The van der Waals surface area contributed by atoms with Gasteiger partial charge in [0.1, 0.15) is 16.4 Å². The number of carbonyl (C=O) groups excluding carboxylic acids is 1. The van der Waals surface area contributed by atoms with Crippen molar-refractivity contribution >= 4 is 37.9 Å². The maximum atomic E-state index is 12.6. The van der Waals surface area contributed by atoms with Crippen LogP contribution in [0.4, 0.5) is 0 Å². The number of Topliss-reactive ketones (excluding diaryl/α,β-unsaturated/α-hetero) is 1. The fraction of sp³-hybridized carbons (Fsp3) is 0.0455. The Bertz CT molecular complexity index is 1240. The molecule has 0 radical (unpaired) electrons. The normalized spacial score (nSPS) is 14.6. The summed E-state index contributed by atoms with van der Waals surface area (Å²) < 4.78 is 36.7. The minimum Gasteiger partial charge on any atom is -0.452 e. The maximum absolute atomic E-state index is 12.6. The summed E-state index contributed by atoms with van der Waals surface area (Å²) in [6.45, 7) is 1.87. The van der Waals surface area contributed by atoms with Crippen molar-refractivity contribution in [3.8, 4) is 11.5 Å². The van der Waals surface area contributed by atoms with Gasteiger partial charge in [-0.3, -0.25) is 4.79 Å². The van der Waals surface area contributed by atoms with Crippen LogP contribution in [0.5, 0.6) is 11.5 Å². The SMILES string of the molecule is Cc1ccc(S(=O)(=O)Oc2ccc3c(c2)O/C(=C\c2ccccc2Br)C3=O)cc1.